The van der Waals surface area contributed by atoms with Gasteiger partial charge in [0.05, 0.1) is 18.2 Å². The fourth-order valence-corrected chi connectivity index (χ4v) is 2.42. The predicted molar refractivity (Wildman–Crippen MR) is 82.8 cm³/mol. The molecule has 1 aliphatic heterocycles. The van der Waals surface area contributed by atoms with Crippen LogP contribution in [0.25, 0.3) is 0 Å². The largest absolute Gasteiger partial charge is 0.491 e. The summed E-state index contributed by atoms with van der Waals surface area (Å²) in [7, 11) is 1.67. The van der Waals surface area contributed by atoms with E-state index in [0.717, 1.165) is 17.0 Å². The van der Waals surface area contributed by atoms with E-state index >= 15 is 0 Å². The van der Waals surface area contributed by atoms with Gasteiger partial charge in [-0.25, -0.2) is 0 Å². The fourth-order valence-electron chi connectivity index (χ4n) is 2.42. The second-order valence-corrected chi connectivity index (χ2v) is 5.69. The molecule has 1 saturated heterocycles. The SMILES string of the molecule is COC1CNC(C(=O)Nc2ccc(OC(C)C)cc2C)C1. The number of anilines is 1. The van der Waals surface area contributed by atoms with Gasteiger partial charge in [-0.05, 0) is 51.0 Å². The Balaban J connectivity index is 1.98. The van der Waals surface area contributed by atoms with Gasteiger partial charge in [-0.2, -0.15) is 0 Å². The van der Waals surface area contributed by atoms with Crippen molar-refractivity contribution in [3.8, 4) is 5.75 Å². The monoisotopic (exact) mass is 292 g/mol. The van der Waals surface area contributed by atoms with Gasteiger partial charge in [0.25, 0.3) is 0 Å². The Kier molecular flexibility index (Phi) is 5.20. The van der Waals surface area contributed by atoms with E-state index in [9.17, 15) is 4.79 Å². The summed E-state index contributed by atoms with van der Waals surface area (Å²) in [6.07, 6.45) is 0.956. The van der Waals surface area contributed by atoms with Gasteiger partial charge in [0.2, 0.25) is 5.91 Å². The van der Waals surface area contributed by atoms with Crippen LogP contribution in [0.3, 0.4) is 0 Å². The molecule has 1 heterocycles. The van der Waals surface area contributed by atoms with Crippen LogP contribution in [0, 0.1) is 6.92 Å². The minimum Gasteiger partial charge on any atom is -0.491 e. The van der Waals surface area contributed by atoms with Crippen LogP contribution in [0.4, 0.5) is 5.69 Å². The molecule has 0 aromatic heterocycles. The highest BCUT2D eigenvalue weighted by Crippen LogP contribution is 2.23. The molecular formula is C16H24N2O3. The number of carbonyl (C=O) groups is 1. The number of hydrogen-bond acceptors (Lipinski definition) is 4. The van der Waals surface area contributed by atoms with Gasteiger partial charge in [0, 0.05) is 19.3 Å². The molecule has 0 aliphatic carbocycles. The molecule has 1 amide bonds. The molecule has 0 radical (unpaired) electrons. The Labute approximate surface area is 126 Å². The first-order valence-electron chi connectivity index (χ1n) is 7.34. The number of carbonyl (C=O) groups excluding carboxylic acids is 1. The van der Waals surface area contributed by atoms with Crippen LogP contribution in [0.1, 0.15) is 25.8 Å². The van der Waals surface area contributed by atoms with Crippen LogP contribution in [-0.4, -0.2) is 37.8 Å². The Morgan fingerprint density at radius 1 is 1.43 bits per heavy atom. The lowest BCUT2D eigenvalue weighted by Crippen LogP contribution is -2.35. The van der Waals surface area contributed by atoms with Crippen molar-refractivity contribution in [1.29, 1.82) is 0 Å². The van der Waals surface area contributed by atoms with Gasteiger partial charge < -0.3 is 20.1 Å². The summed E-state index contributed by atoms with van der Waals surface area (Å²) in [5.74, 6) is 0.800. The number of ether oxygens (including phenoxy) is 2. The summed E-state index contributed by atoms with van der Waals surface area (Å²) >= 11 is 0. The second-order valence-electron chi connectivity index (χ2n) is 5.69. The number of amides is 1. The van der Waals surface area contributed by atoms with Crippen LogP contribution >= 0.6 is 0 Å². The zero-order valence-electron chi connectivity index (χ0n) is 13.1. The molecule has 0 bridgehead atoms. The van der Waals surface area contributed by atoms with E-state index in [0.29, 0.717) is 13.0 Å². The highest BCUT2D eigenvalue weighted by molar-refractivity contribution is 5.95. The van der Waals surface area contributed by atoms with Crippen molar-refractivity contribution < 1.29 is 14.3 Å². The van der Waals surface area contributed by atoms with Crippen molar-refractivity contribution in [2.75, 3.05) is 19.0 Å². The molecule has 1 aromatic carbocycles. The Hall–Kier alpha value is -1.59. The zero-order valence-corrected chi connectivity index (χ0v) is 13.1. The molecule has 1 aromatic rings. The van der Waals surface area contributed by atoms with E-state index in [4.69, 9.17) is 9.47 Å². The van der Waals surface area contributed by atoms with E-state index in [1.54, 1.807) is 7.11 Å². The van der Waals surface area contributed by atoms with Crippen molar-refractivity contribution in [2.24, 2.45) is 0 Å². The van der Waals surface area contributed by atoms with Crippen molar-refractivity contribution in [2.45, 2.75) is 45.4 Å². The average molecular weight is 292 g/mol. The van der Waals surface area contributed by atoms with E-state index < -0.39 is 0 Å². The van der Waals surface area contributed by atoms with E-state index in [2.05, 4.69) is 10.6 Å². The first-order valence-corrected chi connectivity index (χ1v) is 7.34. The summed E-state index contributed by atoms with van der Waals surface area (Å²) in [5, 5.41) is 6.14. The number of hydrogen-bond donors (Lipinski definition) is 2. The van der Waals surface area contributed by atoms with Gasteiger partial charge in [0.15, 0.2) is 0 Å². The maximum absolute atomic E-state index is 12.2. The smallest absolute Gasteiger partial charge is 0.241 e. The van der Waals surface area contributed by atoms with Crippen molar-refractivity contribution >= 4 is 11.6 Å². The van der Waals surface area contributed by atoms with Gasteiger partial charge >= 0.3 is 0 Å². The van der Waals surface area contributed by atoms with E-state index in [1.807, 2.05) is 39.0 Å². The lowest BCUT2D eigenvalue weighted by molar-refractivity contribution is -0.118. The van der Waals surface area contributed by atoms with Crippen LogP contribution in [0.15, 0.2) is 18.2 Å². The van der Waals surface area contributed by atoms with Gasteiger partial charge in [-0.15, -0.1) is 0 Å². The zero-order chi connectivity index (χ0) is 15.4. The topological polar surface area (TPSA) is 59.6 Å². The maximum Gasteiger partial charge on any atom is 0.241 e. The normalized spacial score (nSPS) is 21.6. The summed E-state index contributed by atoms with van der Waals surface area (Å²) < 4.78 is 10.9. The first-order chi connectivity index (χ1) is 9.99. The fraction of sp³-hybridized carbons (Fsp3) is 0.562. The molecular weight excluding hydrogens is 268 g/mol. The number of methoxy groups -OCH3 is 1. The van der Waals surface area contributed by atoms with E-state index in [1.165, 1.54) is 0 Å². The van der Waals surface area contributed by atoms with E-state index in [-0.39, 0.29) is 24.2 Å². The Bertz CT molecular complexity index is 502. The Morgan fingerprint density at radius 2 is 2.19 bits per heavy atom. The van der Waals surface area contributed by atoms with Crippen LogP contribution < -0.4 is 15.4 Å². The second kappa shape index (κ2) is 6.91. The number of rotatable bonds is 5. The number of nitrogens with one attached hydrogen (secondary N) is 2. The first kappa shape index (κ1) is 15.8. The van der Waals surface area contributed by atoms with Crippen molar-refractivity contribution in [3.63, 3.8) is 0 Å². The van der Waals surface area contributed by atoms with Gasteiger partial charge in [-0.1, -0.05) is 0 Å². The quantitative estimate of drug-likeness (QED) is 0.872. The molecule has 2 N–H and O–H groups in total. The molecule has 116 valence electrons. The molecule has 5 nitrogen and oxygen atoms in total. The summed E-state index contributed by atoms with van der Waals surface area (Å²) in [4.78, 5) is 12.2. The average Bonchev–Trinajstić information content (AvgIpc) is 2.90. The minimum atomic E-state index is -0.194. The van der Waals surface area contributed by atoms with Crippen LogP contribution in [-0.2, 0) is 9.53 Å². The predicted octanol–water partition coefficient (Wildman–Crippen LogP) is 2.10. The molecule has 2 unspecified atom stereocenters. The third kappa shape index (κ3) is 4.19. The lowest BCUT2D eigenvalue weighted by Gasteiger charge is -2.15. The number of benzene rings is 1. The molecule has 1 aliphatic rings. The van der Waals surface area contributed by atoms with Crippen molar-refractivity contribution in [3.05, 3.63) is 23.8 Å². The minimum absolute atomic E-state index is 0.0184. The van der Waals surface area contributed by atoms with Gasteiger partial charge in [0.1, 0.15) is 5.75 Å². The standard InChI is InChI=1S/C16H24N2O3/c1-10(2)21-12-5-6-14(11(3)7-12)18-16(19)15-8-13(20-4)9-17-15/h5-7,10,13,15,17H,8-9H2,1-4H3,(H,18,19). The van der Waals surface area contributed by atoms with Crippen molar-refractivity contribution in [1.82, 2.24) is 5.32 Å². The molecule has 5 heteroatoms. The third-order valence-corrected chi connectivity index (χ3v) is 3.57. The lowest BCUT2D eigenvalue weighted by atomic mass is 10.1. The Morgan fingerprint density at radius 3 is 2.76 bits per heavy atom. The van der Waals surface area contributed by atoms with Gasteiger partial charge in [-0.3, -0.25) is 4.79 Å². The summed E-state index contributed by atoms with van der Waals surface area (Å²) in [6, 6.07) is 5.51. The summed E-state index contributed by atoms with van der Waals surface area (Å²) in [6.45, 7) is 6.66. The molecule has 0 saturated carbocycles. The summed E-state index contributed by atoms with van der Waals surface area (Å²) in [5.41, 5.74) is 1.81. The highest BCUT2D eigenvalue weighted by Gasteiger charge is 2.29. The maximum atomic E-state index is 12.2. The van der Waals surface area contributed by atoms with Crippen LogP contribution in [0.5, 0.6) is 5.75 Å². The number of aryl methyl sites for hydroxylation is 1. The molecule has 2 atom stereocenters. The molecule has 1 fully saturated rings. The molecule has 21 heavy (non-hydrogen) atoms. The molecule has 2 rings (SSSR count). The molecule has 0 spiro atoms. The highest BCUT2D eigenvalue weighted by atomic mass is 16.5. The third-order valence-electron chi connectivity index (χ3n) is 3.57. The van der Waals surface area contributed by atoms with Crippen LogP contribution in [0.2, 0.25) is 0 Å².